The normalized spacial score (nSPS) is 11.0. The molecule has 0 aliphatic heterocycles. The van der Waals surface area contributed by atoms with E-state index in [1.54, 1.807) is 29.8 Å². The van der Waals surface area contributed by atoms with E-state index in [0.717, 1.165) is 32.8 Å². The number of halogens is 1. The van der Waals surface area contributed by atoms with Crippen LogP contribution in [0.15, 0.2) is 54.2 Å². The van der Waals surface area contributed by atoms with Crippen molar-refractivity contribution in [1.82, 2.24) is 9.97 Å². The monoisotopic (exact) mass is 349 g/mol. The highest BCUT2D eigenvalue weighted by atomic mass is 32.1. The van der Waals surface area contributed by atoms with Crippen LogP contribution in [-0.4, -0.2) is 9.97 Å². The lowest BCUT2D eigenvalue weighted by Gasteiger charge is -2.09. The zero-order chi connectivity index (χ0) is 17.4. The Labute approximate surface area is 149 Å². The fourth-order valence-corrected chi connectivity index (χ4v) is 3.68. The fraction of sp³-hybridized carbons (Fsp3) is 0.100. The van der Waals surface area contributed by atoms with Crippen molar-refractivity contribution < 1.29 is 4.39 Å². The number of hydrogen-bond acceptors (Lipinski definition) is 4. The molecular weight excluding hydrogens is 333 g/mol. The van der Waals surface area contributed by atoms with Crippen molar-refractivity contribution in [3.63, 3.8) is 0 Å². The van der Waals surface area contributed by atoms with Gasteiger partial charge < -0.3 is 5.32 Å². The Balaban J connectivity index is 1.83. The topological polar surface area (TPSA) is 37.8 Å². The van der Waals surface area contributed by atoms with Crippen molar-refractivity contribution in [3.8, 4) is 11.1 Å². The summed E-state index contributed by atoms with van der Waals surface area (Å²) >= 11 is 1.59. The fourth-order valence-electron chi connectivity index (χ4n) is 2.76. The van der Waals surface area contributed by atoms with E-state index in [2.05, 4.69) is 52.7 Å². The second-order valence-corrected chi connectivity index (χ2v) is 6.84. The molecule has 0 atom stereocenters. The lowest BCUT2D eigenvalue weighted by atomic mass is 10.0. The zero-order valence-electron chi connectivity index (χ0n) is 13.9. The van der Waals surface area contributed by atoms with Gasteiger partial charge in [-0.3, -0.25) is 0 Å². The van der Waals surface area contributed by atoms with Gasteiger partial charge in [0.15, 0.2) is 0 Å². The maximum atomic E-state index is 13.1. The van der Waals surface area contributed by atoms with Crippen LogP contribution in [-0.2, 0) is 0 Å². The molecule has 0 amide bonds. The van der Waals surface area contributed by atoms with Crippen LogP contribution < -0.4 is 5.32 Å². The lowest BCUT2D eigenvalue weighted by Crippen LogP contribution is -1.95. The second-order valence-electron chi connectivity index (χ2n) is 5.98. The largest absolute Gasteiger partial charge is 0.340 e. The van der Waals surface area contributed by atoms with Crippen LogP contribution in [0, 0.1) is 19.7 Å². The summed E-state index contributed by atoms with van der Waals surface area (Å²) in [5, 5.41) is 6.38. The molecule has 0 unspecified atom stereocenters. The molecule has 4 aromatic rings. The first-order chi connectivity index (χ1) is 12.1. The maximum Gasteiger partial charge on any atom is 0.143 e. The highest BCUT2D eigenvalue weighted by Crippen LogP contribution is 2.37. The Morgan fingerprint density at radius 2 is 1.76 bits per heavy atom. The van der Waals surface area contributed by atoms with E-state index >= 15 is 0 Å². The summed E-state index contributed by atoms with van der Waals surface area (Å²) in [6, 6.07) is 12.7. The molecule has 0 fully saturated rings. The Morgan fingerprint density at radius 1 is 0.960 bits per heavy atom. The van der Waals surface area contributed by atoms with Gasteiger partial charge in [-0.1, -0.05) is 18.2 Å². The second kappa shape index (κ2) is 6.26. The molecule has 3 nitrogen and oxygen atoms in total. The van der Waals surface area contributed by atoms with Crippen LogP contribution in [0.1, 0.15) is 11.1 Å². The van der Waals surface area contributed by atoms with Gasteiger partial charge in [0.05, 0.1) is 5.39 Å². The third-order valence-corrected chi connectivity index (χ3v) is 5.18. The van der Waals surface area contributed by atoms with Crippen molar-refractivity contribution in [2.45, 2.75) is 13.8 Å². The van der Waals surface area contributed by atoms with Gasteiger partial charge in [0.25, 0.3) is 0 Å². The third-order valence-electron chi connectivity index (χ3n) is 4.30. The minimum absolute atomic E-state index is 0.260. The minimum Gasteiger partial charge on any atom is -0.340 e. The van der Waals surface area contributed by atoms with Crippen LogP contribution in [0.2, 0.25) is 0 Å². The van der Waals surface area contributed by atoms with Crippen LogP contribution in [0.4, 0.5) is 15.9 Å². The summed E-state index contributed by atoms with van der Waals surface area (Å²) in [5.74, 6) is 0.468. The Morgan fingerprint density at radius 3 is 2.52 bits per heavy atom. The first kappa shape index (κ1) is 15.7. The molecule has 124 valence electrons. The number of aromatic nitrogens is 2. The highest BCUT2D eigenvalue weighted by Gasteiger charge is 2.14. The zero-order valence-corrected chi connectivity index (χ0v) is 14.7. The number of nitrogens with one attached hydrogen (secondary N) is 1. The maximum absolute atomic E-state index is 13.1. The first-order valence-corrected chi connectivity index (χ1v) is 8.82. The van der Waals surface area contributed by atoms with Crippen molar-refractivity contribution in [2.75, 3.05) is 5.32 Å². The SMILES string of the molecule is Cc1ccc(-c2csc3ncnc(Nc4ccc(F)cc4)c23)cc1C. The Kier molecular flexibility index (Phi) is 3.93. The van der Waals surface area contributed by atoms with Crippen LogP contribution >= 0.6 is 11.3 Å². The standard InChI is InChI=1S/C20H16FN3S/c1-12-3-4-14(9-13(12)2)17-10-25-20-18(17)19(22-11-23-20)24-16-7-5-15(21)6-8-16/h3-11H,1-2H3,(H,22,23,24). The van der Waals surface area contributed by atoms with E-state index in [1.807, 2.05) is 0 Å². The molecule has 0 saturated heterocycles. The molecular formula is C20H16FN3S. The van der Waals surface area contributed by atoms with E-state index in [0.29, 0.717) is 0 Å². The molecule has 0 aliphatic carbocycles. The summed E-state index contributed by atoms with van der Waals surface area (Å²) in [6.45, 7) is 4.22. The van der Waals surface area contributed by atoms with Gasteiger partial charge in [-0.2, -0.15) is 0 Å². The summed E-state index contributed by atoms with van der Waals surface area (Å²) in [6.07, 6.45) is 1.55. The van der Waals surface area contributed by atoms with Gasteiger partial charge in [-0.05, 0) is 54.8 Å². The number of aryl methyl sites for hydroxylation is 2. The predicted molar refractivity (Wildman–Crippen MR) is 102 cm³/mol. The molecule has 0 saturated carbocycles. The molecule has 2 heterocycles. The molecule has 0 bridgehead atoms. The summed E-state index contributed by atoms with van der Waals surface area (Å²) in [7, 11) is 0. The van der Waals surface area contributed by atoms with Gasteiger partial charge in [0, 0.05) is 16.6 Å². The highest BCUT2D eigenvalue weighted by molar-refractivity contribution is 7.17. The number of benzene rings is 2. The first-order valence-electron chi connectivity index (χ1n) is 7.94. The molecule has 0 radical (unpaired) electrons. The van der Waals surface area contributed by atoms with E-state index in [9.17, 15) is 4.39 Å². The molecule has 0 spiro atoms. The molecule has 2 aromatic heterocycles. The predicted octanol–water partition coefficient (Wildman–Crippen LogP) is 5.86. The average molecular weight is 349 g/mol. The molecule has 1 N–H and O–H groups in total. The van der Waals surface area contributed by atoms with E-state index < -0.39 is 0 Å². The number of thiophene rings is 1. The molecule has 2 aromatic carbocycles. The van der Waals surface area contributed by atoms with Crippen molar-refractivity contribution in [1.29, 1.82) is 0 Å². The molecule has 0 aliphatic rings. The number of rotatable bonds is 3. The van der Waals surface area contributed by atoms with Crippen LogP contribution in [0.5, 0.6) is 0 Å². The molecule has 4 rings (SSSR count). The van der Waals surface area contributed by atoms with E-state index in [-0.39, 0.29) is 5.82 Å². The number of hydrogen-bond donors (Lipinski definition) is 1. The van der Waals surface area contributed by atoms with Gasteiger partial charge in [-0.15, -0.1) is 11.3 Å². The summed E-state index contributed by atoms with van der Waals surface area (Å²) in [4.78, 5) is 9.73. The quantitative estimate of drug-likeness (QED) is 0.503. The Hall–Kier alpha value is -2.79. The van der Waals surface area contributed by atoms with Gasteiger partial charge in [0.1, 0.15) is 22.8 Å². The molecule has 5 heteroatoms. The number of fused-ring (bicyclic) bond motifs is 1. The van der Waals surface area contributed by atoms with E-state index in [1.165, 1.54) is 23.3 Å². The van der Waals surface area contributed by atoms with Gasteiger partial charge in [-0.25, -0.2) is 14.4 Å². The van der Waals surface area contributed by atoms with Crippen LogP contribution in [0.25, 0.3) is 21.3 Å². The molecule has 25 heavy (non-hydrogen) atoms. The minimum atomic E-state index is -0.260. The number of nitrogens with zero attached hydrogens (tertiary/aromatic N) is 2. The summed E-state index contributed by atoms with van der Waals surface area (Å²) in [5.41, 5.74) is 5.56. The van der Waals surface area contributed by atoms with Crippen molar-refractivity contribution in [3.05, 3.63) is 71.1 Å². The lowest BCUT2D eigenvalue weighted by molar-refractivity contribution is 0.628. The van der Waals surface area contributed by atoms with Gasteiger partial charge >= 0.3 is 0 Å². The number of anilines is 2. The summed E-state index contributed by atoms with van der Waals surface area (Å²) < 4.78 is 13.1. The third kappa shape index (κ3) is 2.98. The van der Waals surface area contributed by atoms with Crippen molar-refractivity contribution >= 4 is 33.1 Å². The smallest absolute Gasteiger partial charge is 0.143 e. The van der Waals surface area contributed by atoms with Crippen molar-refractivity contribution in [2.24, 2.45) is 0 Å². The van der Waals surface area contributed by atoms with Crippen LogP contribution in [0.3, 0.4) is 0 Å². The van der Waals surface area contributed by atoms with E-state index in [4.69, 9.17) is 0 Å². The average Bonchev–Trinajstić information content (AvgIpc) is 3.04. The van der Waals surface area contributed by atoms with Gasteiger partial charge in [0.2, 0.25) is 0 Å². The Bertz CT molecular complexity index is 1050.